The molecule has 18 heavy (non-hydrogen) atoms. The van der Waals surface area contributed by atoms with Crippen molar-refractivity contribution in [1.29, 1.82) is 0 Å². The molecule has 1 aromatic carbocycles. The molecule has 0 radical (unpaired) electrons. The van der Waals surface area contributed by atoms with E-state index in [2.05, 4.69) is 43.4 Å². The van der Waals surface area contributed by atoms with Crippen molar-refractivity contribution in [3.8, 4) is 0 Å². The van der Waals surface area contributed by atoms with Crippen LogP contribution < -0.4 is 5.32 Å². The van der Waals surface area contributed by atoms with E-state index in [0.29, 0.717) is 12.0 Å². The van der Waals surface area contributed by atoms with Gasteiger partial charge < -0.3 is 10.1 Å². The van der Waals surface area contributed by atoms with Crippen LogP contribution in [0.25, 0.3) is 0 Å². The lowest BCUT2D eigenvalue weighted by atomic mass is 10.0. The van der Waals surface area contributed by atoms with E-state index in [4.69, 9.17) is 4.74 Å². The molecule has 1 aromatic rings. The monoisotopic (exact) mass is 247 g/mol. The van der Waals surface area contributed by atoms with E-state index >= 15 is 0 Å². The van der Waals surface area contributed by atoms with Crippen LogP contribution in [0.3, 0.4) is 0 Å². The molecule has 100 valence electrons. The molecule has 0 bridgehead atoms. The topological polar surface area (TPSA) is 21.3 Å². The molecule has 1 saturated heterocycles. The molecule has 1 N–H and O–H groups in total. The molecule has 1 aliphatic heterocycles. The van der Waals surface area contributed by atoms with Crippen molar-refractivity contribution >= 4 is 0 Å². The van der Waals surface area contributed by atoms with E-state index < -0.39 is 0 Å². The number of hydrogen-bond donors (Lipinski definition) is 1. The summed E-state index contributed by atoms with van der Waals surface area (Å²) in [5, 5.41) is 3.69. The largest absolute Gasteiger partial charge is 0.381 e. The Labute approximate surface area is 111 Å². The smallest absolute Gasteiger partial charge is 0.0507 e. The molecule has 1 aliphatic rings. The van der Waals surface area contributed by atoms with Crippen LogP contribution >= 0.6 is 0 Å². The predicted octanol–water partition coefficient (Wildman–Crippen LogP) is 3.33. The summed E-state index contributed by atoms with van der Waals surface area (Å²) in [7, 11) is 0. The minimum atomic E-state index is 0.483. The van der Waals surface area contributed by atoms with E-state index in [-0.39, 0.29) is 0 Å². The first kappa shape index (κ1) is 13.6. The maximum atomic E-state index is 5.42. The van der Waals surface area contributed by atoms with Gasteiger partial charge in [-0.15, -0.1) is 0 Å². The van der Waals surface area contributed by atoms with Crippen molar-refractivity contribution in [2.75, 3.05) is 19.8 Å². The molecule has 0 spiro atoms. The van der Waals surface area contributed by atoms with Crippen molar-refractivity contribution in [3.05, 3.63) is 35.4 Å². The van der Waals surface area contributed by atoms with Gasteiger partial charge in [-0.1, -0.05) is 38.1 Å². The third kappa shape index (κ3) is 3.56. The summed E-state index contributed by atoms with van der Waals surface area (Å²) >= 11 is 0. The third-order valence-electron chi connectivity index (χ3n) is 3.88. The average molecular weight is 247 g/mol. The van der Waals surface area contributed by atoms with Crippen molar-refractivity contribution in [2.24, 2.45) is 5.92 Å². The van der Waals surface area contributed by atoms with E-state index in [9.17, 15) is 0 Å². The molecular weight excluding hydrogens is 222 g/mol. The maximum absolute atomic E-state index is 5.42. The fourth-order valence-electron chi connectivity index (χ4n) is 2.54. The van der Waals surface area contributed by atoms with Gasteiger partial charge in [0.05, 0.1) is 6.61 Å². The number of hydrogen-bond acceptors (Lipinski definition) is 2. The van der Waals surface area contributed by atoms with Gasteiger partial charge in [0, 0.05) is 19.2 Å². The summed E-state index contributed by atoms with van der Waals surface area (Å²) in [5.41, 5.74) is 2.83. The SMILES string of the molecule is CCc1ccc(C(CC)NCC2CCOC2)cc1. The van der Waals surface area contributed by atoms with Gasteiger partial charge in [0.1, 0.15) is 0 Å². The zero-order valence-electron chi connectivity index (χ0n) is 11.6. The van der Waals surface area contributed by atoms with E-state index in [1.54, 1.807) is 0 Å². The molecule has 0 aliphatic carbocycles. The van der Waals surface area contributed by atoms with Crippen LogP contribution in [-0.4, -0.2) is 19.8 Å². The minimum Gasteiger partial charge on any atom is -0.381 e. The Morgan fingerprint density at radius 2 is 2.06 bits per heavy atom. The Kier molecular flexibility index (Phi) is 5.21. The summed E-state index contributed by atoms with van der Waals surface area (Å²) in [4.78, 5) is 0. The lowest BCUT2D eigenvalue weighted by Crippen LogP contribution is -2.27. The lowest BCUT2D eigenvalue weighted by molar-refractivity contribution is 0.184. The number of nitrogens with one attached hydrogen (secondary N) is 1. The van der Waals surface area contributed by atoms with Gasteiger partial charge in [-0.05, 0) is 36.3 Å². The number of aryl methyl sites for hydroxylation is 1. The first-order valence-corrected chi connectivity index (χ1v) is 7.23. The highest BCUT2D eigenvalue weighted by Crippen LogP contribution is 2.19. The minimum absolute atomic E-state index is 0.483. The molecule has 2 nitrogen and oxygen atoms in total. The zero-order valence-corrected chi connectivity index (χ0v) is 11.6. The number of rotatable bonds is 6. The first-order valence-electron chi connectivity index (χ1n) is 7.23. The van der Waals surface area contributed by atoms with E-state index in [1.807, 2.05) is 0 Å². The van der Waals surface area contributed by atoms with E-state index in [0.717, 1.165) is 32.6 Å². The fourth-order valence-corrected chi connectivity index (χ4v) is 2.54. The molecule has 2 rings (SSSR count). The highest BCUT2D eigenvalue weighted by atomic mass is 16.5. The molecule has 2 unspecified atom stereocenters. The molecule has 1 fully saturated rings. The van der Waals surface area contributed by atoms with Crippen molar-refractivity contribution < 1.29 is 4.74 Å². The van der Waals surface area contributed by atoms with Gasteiger partial charge in [0.25, 0.3) is 0 Å². The fraction of sp³-hybridized carbons (Fsp3) is 0.625. The van der Waals surface area contributed by atoms with Crippen molar-refractivity contribution in [3.63, 3.8) is 0 Å². The maximum Gasteiger partial charge on any atom is 0.0507 e. The molecular formula is C16H25NO. The molecule has 1 heterocycles. The Bertz CT molecular complexity index is 341. The Balaban J connectivity index is 1.89. The summed E-state index contributed by atoms with van der Waals surface area (Å²) in [6.45, 7) is 7.39. The van der Waals surface area contributed by atoms with Crippen molar-refractivity contribution in [1.82, 2.24) is 5.32 Å². The van der Waals surface area contributed by atoms with E-state index in [1.165, 1.54) is 17.5 Å². The highest BCUT2D eigenvalue weighted by molar-refractivity contribution is 5.25. The second-order valence-electron chi connectivity index (χ2n) is 5.19. The van der Waals surface area contributed by atoms with Gasteiger partial charge >= 0.3 is 0 Å². The quantitative estimate of drug-likeness (QED) is 0.832. The van der Waals surface area contributed by atoms with Crippen LogP contribution in [0, 0.1) is 5.92 Å². The third-order valence-corrected chi connectivity index (χ3v) is 3.88. The molecule has 0 amide bonds. The van der Waals surface area contributed by atoms with Crippen LogP contribution in [0.5, 0.6) is 0 Å². The lowest BCUT2D eigenvalue weighted by Gasteiger charge is -2.19. The predicted molar refractivity (Wildman–Crippen MR) is 75.8 cm³/mol. The van der Waals surface area contributed by atoms with Gasteiger partial charge in [-0.3, -0.25) is 0 Å². The molecule has 0 saturated carbocycles. The molecule has 2 heteroatoms. The zero-order chi connectivity index (χ0) is 12.8. The summed E-state index contributed by atoms with van der Waals surface area (Å²) in [6, 6.07) is 9.52. The van der Waals surface area contributed by atoms with Crippen LogP contribution in [0.4, 0.5) is 0 Å². The van der Waals surface area contributed by atoms with Gasteiger partial charge in [-0.2, -0.15) is 0 Å². The standard InChI is InChI=1S/C16H25NO/c1-3-13-5-7-15(8-6-13)16(4-2)17-11-14-9-10-18-12-14/h5-8,14,16-17H,3-4,9-12H2,1-2H3. The molecule has 2 atom stereocenters. The summed E-state index contributed by atoms with van der Waals surface area (Å²) in [5.74, 6) is 0.703. The summed E-state index contributed by atoms with van der Waals surface area (Å²) < 4.78 is 5.42. The van der Waals surface area contributed by atoms with Gasteiger partial charge in [0.2, 0.25) is 0 Å². The second kappa shape index (κ2) is 6.91. The van der Waals surface area contributed by atoms with Crippen LogP contribution in [0.15, 0.2) is 24.3 Å². The Morgan fingerprint density at radius 1 is 1.28 bits per heavy atom. The summed E-state index contributed by atoms with van der Waals surface area (Å²) in [6.07, 6.45) is 3.46. The van der Waals surface area contributed by atoms with Crippen LogP contribution in [0.2, 0.25) is 0 Å². The number of benzene rings is 1. The van der Waals surface area contributed by atoms with Gasteiger partial charge in [-0.25, -0.2) is 0 Å². The average Bonchev–Trinajstić information content (AvgIpc) is 2.93. The van der Waals surface area contributed by atoms with Crippen LogP contribution in [-0.2, 0) is 11.2 Å². The first-order chi connectivity index (χ1) is 8.83. The van der Waals surface area contributed by atoms with Crippen molar-refractivity contribution in [2.45, 2.75) is 39.2 Å². The Hall–Kier alpha value is -0.860. The number of ether oxygens (including phenoxy) is 1. The second-order valence-corrected chi connectivity index (χ2v) is 5.19. The highest BCUT2D eigenvalue weighted by Gasteiger charge is 2.17. The Morgan fingerprint density at radius 3 is 2.61 bits per heavy atom. The van der Waals surface area contributed by atoms with Crippen LogP contribution in [0.1, 0.15) is 43.9 Å². The normalized spacial score (nSPS) is 21.1. The van der Waals surface area contributed by atoms with Gasteiger partial charge in [0.15, 0.2) is 0 Å². The molecule has 0 aromatic heterocycles.